The summed E-state index contributed by atoms with van der Waals surface area (Å²) in [5.41, 5.74) is 7.65. The average molecular weight is 357 g/mol. The Bertz CT molecular complexity index is 588. The number of halogens is 3. The zero-order valence-electron chi connectivity index (χ0n) is 11.0. The van der Waals surface area contributed by atoms with Gasteiger partial charge in [-0.3, -0.25) is 0 Å². The van der Waals surface area contributed by atoms with Gasteiger partial charge in [-0.1, -0.05) is 57.9 Å². The van der Waals surface area contributed by atoms with Gasteiger partial charge in [-0.15, -0.1) is 0 Å². The van der Waals surface area contributed by atoms with E-state index in [-0.39, 0.29) is 16.8 Å². The molecule has 2 aromatic rings. The zero-order chi connectivity index (χ0) is 14.5. The summed E-state index contributed by atoms with van der Waals surface area (Å²) >= 11 is 9.34. The minimum absolute atomic E-state index is 0.166. The van der Waals surface area contributed by atoms with Crippen LogP contribution < -0.4 is 5.73 Å². The highest BCUT2D eigenvalue weighted by atomic mass is 79.9. The van der Waals surface area contributed by atoms with E-state index in [0.717, 1.165) is 10.9 Å². The van der Waals surface area contributed by atoms with Crippen molar-refractivity contribution in [1.82, 2.24) is 0 Å². The predicted molar refractivity (Wildman–Crippen MR) is 85.5 cm³/mol. The molecule has 0 amide bonds. The summed E-state index contributed by atoms with van der Waals surface area (Å²) in [5.74, 6) is -0.151. The Morgan fingerprint density at radius 1 is 1.05 bits per heavy atom. The van der Waals surface area contributed by atoms with Crippen molar-refractivity contribution in [2.24, 2.45) is 11.7 Å². The molecule has 20 heavy (non-hydrogen) atoms. The first kappa shape index (κ1) is 15.5. The number of rotatable bonds is 5. The van der Waals surface area contributed by atoms with E-state index in [0.29, 0.717) is 18.5 Å². The fourth-order valence-corrected chi connectivity index (χ4v) is 2.87. The molecular formula is C16H16BrClFN. The Balaban J connectivity index is 2.14. The summed E-state index contributed by atoms with van der Waals surface area (Å²) in [7, 11) is 0. The minimum atomic E-state index is -0.334. The van der Waals surface area contributed by atoms with Gasteiger partial charge < -0.3 is 5.73 Å². The first-order valence-electron chi connectivity index (χ1n) is 6.48. The molecule has 0 fully saturated rings. The predicted octanol–water partition coefficient (Wildman–Crippen LogP) is 4.60. The molecule has 1 atom stereocenters. The third-order valence-corrected chi connectivity index (χ3v) is 4.41. The monoisotopic (exact) mass is 355 g/mol. The van der Waals surface area contributed by atoms with Crippen LogP contribution in [0.3, 0.4) is 0 Å². The third-order valence-electron chi connectivity index (χ3n) is 3.34. The normalized spacial score (nSPS) is 12.4. The van der Waals surface area contributed by atoms with Gasteiger partial charge in [-0.25, -0.2) is 4.39 Å². The zero-order valence-corrected chi connectivity index (χ0v) is 13.3. The highest BCUT2D eigenvalue weighted by molar-refractivity contribution is 9.10. The maximum atomic E-state index is 13.9. The number of benzene rings is 2. The molecule has 0 aliphatic heterocycles. The lowest BCUT2D eigenvalue weighted by Gasteiger charge is -2.16. The maximum absolute atomic E-state index is 13.9. The molecule has 0 bridgehead atoms. The molecule has 106 valence electrons. The van der Waals surface area contributed by atoms with Crippen molar-refractivity contribution in [3.63, 3.8) is 0 Å². The first-order chi connectivity index (χ1) is 9.61. The summed E-state index contributed by atoms with van der Waals surface area (Å²) in [5, 5.41) is 0.166. The van der Waals surface area contributed by atoms with E-state index in [4.69, 9.17) is 17.3 Å². The largest absolute Gasteiger partial charge is 0.330 e. The summed E-state index contributed by atoms with van der Waals surface area (Å²) < 4.78 is 15.0. The molecular weight excluding hydrogens is 341 g/mol. The van der Waals surface area contributed by atoms with Crippen molar-refractivity contribution in [3.05, 3.63) is 68.9 Å². The Morgan fingerprint density at radius 3 is 2.40 bits per heavy atom. The molecule has 1 unspecified atom stereocenters. The lowest BCUT2D eigenvalue weighted by atomic mass is 9.92. The van der Waals surface area contributed by atoms with Gasteiger partial charge in [0.25, 0.3) is 0 Å². The molecule has 2 N–H and O–H groups in total. The van der Waals surface area contributed by atoms with Gasteiger partial charge in [-0.05, 0) is 48.6 Å². The van der Waals surface area contributed by atoms with Gasteiger partial charge >= 0.3 is 0 Å². The molecule has 4 heteroatoms. The van der Waals surface area contributed by atoms with E-state index >= 15 is 0 Å². The summed E-state index contributed by atoms with van der Waals surface area (Å²) in [6.07, 6.45) is 1.40. The lowest BCUT2D eigenvalue weighted by molar-refractivity contribution is 0.511. The highest BCUT2D eigenvalue weighted by Crippen LogP contribution is 2.24. The van der Waals surface area contributed by atoms with E-state index in [2.05, 4.69) is 22.0 Å². The van der Waals surface area contributed by atoms with Crippen molar-refractivity contribution in [1.29, 1.82) is 0 Å². The Kier molecular flexibility index (Phi) is 5.58. The highest BCUT2D eigenvalue weighted by Gasteiger charge is 2.14. The standard InChI is InChI=1S/C16H16BrClFN/c17-14-6-2-1-4-12(14)8-11(10-20)9-13-5-3-7-15(18)16(13)19/h1-7,11H,8-10,20H2. The van der Waals surface area contributed by atoms with Crippen LogP contribution in [0.1, 0.15) is 11.1 Å². The van der Waals surface area contributed by atoms with Crippen molar-refractivity contribution >= 4 is 27.5 Å². The van der Waals surface area contributed by atoms with E-state index < -0.39 is 0 Å². The molecule has 1 nitrogen and oxygen atoms in total. The molecule has 0 saturated carbocycles. The quantitative estimate of drug-likeness (QED) is 0.832. The Hall–Kier alpha value is -0.900. The molecule has 0 heterocycles. The number of hydrogen-bond donors (Lipinski definition) is 1. The van der Waals surface area contributed by atoms with Crippen LogP contribution in [-0.2, 0) is 12.8 Å². The fraction of sp³-hybridized carbons (Fsp3) is 0.250. The second-order valence-electron chi connectivity index (χ2n) is 4.81. The van der Waals surface area contributed by atoms with Crippen LogP contribution in [0.15, 0.2) is 46.9 Å². The van der Waals surface area contributed by atoms with Crippen molar-refractivity contribution in [3.8, 4) is 0 Å². The van der Waals surface area contributed by atoms with Gasteiger partial charge in [0.15, 0.2) is 0 Å². The minimum Gasteiger partial charge on any atom is -0.330 e. The van der Waals surface area contributed by atoms with Crippen LogP contribution in [-0.4, -0.2) is 6.54 Å². The van der Waals surface area contributed by atoms with Crippen LogP contribution in [0.25, 0.3) is 0 Å². The topological polar surface area (TPSA) is 26.0 Å². The smallest absolute Gasteiger partial charge is 0.144 e. The van der Waals surface area contributed by atoms with E-state index in [9.17, 15) is 4.39 Å². The molecule has 0 aliphatic carbocycles. The molecule has 0 aliphatic rings. The van der Waals surface area contributed by atoms with Crippen LogP contribution in [0.4, 0.5) is 4.39 Å². The van der Waals surface area contributed by atoms with Gasteiger partial charge in [0.05, 0.1) is 5.02 Å². The van der Waals surface area contributed by atoms with E-state index in [1.165, 1.54) is 5.56 Å². The van der Waals surface area contributed by atoms with Crippen LogP contribution in [0, 0.1) is 11.7 Å². The summed E-state index contributed by atoms with van der Waals surface area (Å²) in [4.78, 5) is 0. The Morgan fingerprint density at radius 2 is 1.70 bits per heavy atom. The Labute approximate surface area is 132 Å². The third kappa shape index (κ3) is 3.81. The van der Waals surface area contributed by atoms with Gasteiger partial charge in [-0.2, -0.15) is 0 Å². The second kappa shape index (κ2) is 7.21. The van der Waals surface area contributed by atoms with Crippen LogP contribution in [0.5, 0.6) is 0 Å². The van der Waals surface area contributed by atoms with Gasteiger partial charge in [0, 0.05) is 4.47 Å². The van der Waals surface area contributed by atoms with Crippen molar-refractivity contribution in [2.75, 3.05) is 6.54 Å². The molecule has 2 aromatic carbocycles. The lowest BCUT2D eigenvalue weighted by Crippen LogP contribution is -2.20. The van der Waals surface area contributed by atoms with Gasteiger partial charge in [0.2, 0.25) is 0 Å². The van der Waals surface area contributed by atoms with Crippen molar-refractivity contribution < 1.29 is 4.39 Å². The van der Waals surface area contributed by atoms with Crippen LogP contribution >= 0.6 is 27.5 Å². The fourth-order valence-electron chi connectivity index (χ4n) is 2.23. The molecule has 0 spiro atoms. The van der Waals surface area contributed by atoms with Crippen molar-refractivity contribution in [2.45, 2.75) is 12.8 Å². The van der Waals surface area contributed by atoms with Gasteiger partial charge in [0.1, 0.15) is 5.82 Å². The maximum Gasteiger partial charge on any atom is 0.144 e. The first-order valence-corrected chi connectivity index (χ1v) is 7.65. The average Bonchev–Trinajstić information content (AvgIpc) is 2.45. The molecule has 0 radical (unpaired) electrons. The molecule has 0 aromatic heterocycles. The molecule has 2 rings (SSSR count). The van der Waals surface area contributed by atoms with E-state index in [1.807, 2.05) is 18.2 Å². The second-order valence-corrected chi connectivity index (χ2v) is 6.08. The van der Waals surface area contributed by atoms with E-state index in [1.54, 1.807) is 18.2 Å². The molecule has 0 saturated heterocycles. The summed E-state index contributed by atoms with van der Waals surface area (Å²) in [6.45, 7) is 0.507. The number of hydrogen-bond acceptors (Lipinski definition) is 1. The SMILES string of the molecule is NCC(Cc1ccccc1Br)Cc1cccc(Cl)c1F. The summed E-state index contributed by atoms with van der Waals surface area (Å²) in [6, 6.07) is 13.1. The van der Waals surface area contributed by atoms with Crippen LogP contribution in [0.2, 0.25) is 5.02 Å². The number of nitrogens with two attached hydrogens (primary N) is 1.